The van der Waals surface area contributed by atoms with Gasteiger partial charge in [0.15, 0.2) is 0 Å². The highest BCUT2D eigenvalue weighted by Gasteiger charge is 2.03. The fourth-order valence-corrected chi connectivity index (χ4v) is 1.98. The largest absolute Gasteiger partial charge is 0.347 e. The molecule has 0 aliphatic carbocycles. The third-order valence-electron chi connectivity index (χ3n) is 2.41. The Kier molecular flexibility index (Phi) is 3.03. The van der Waals surface area contributed by atoms with Crippen LogP contribution in [0.25, 0.3) is 0 Å². The fraction of sp³-hybridized carbons (Fsp3) is 0.167. The van der Waals surface area contributed by atoms with Crippen LogP contribution in [0.2, 0.25) is 10.0 Å². The van der Waals surface area contributed by atoms with Crippen molar-refractivity contribution >= 4 is 23.2 Å². The summed E-state index contributed by atoms with van der Waals surface area (Å²) in [6.45, 7) is 2.86. The molecule has 1 aromatic heterocycles. The molecule has 0 aliphatic heterocycles. The molecule has 0 atom stereocenters. The van der Waals surface area contributed by atoms with Crippen molar-refractivity contribution in [2.24, 2.45) is 0 Å². The van der Waals surface area contributed by atoms with Gasteiger partial charge in [0.2, 0.25) is 0 Å². The number of rotatable bonds is 2. The van der Waals surface area contributed by atoms with Crippen LogP contribution in [0.3, 0.4) is 0 Å². The molecule has 15 heavy (non-hydrogen) atoms. The van der Waals surface area contributed by atoms with Crippen LogP contribution < -0.4 is 0 Å². The van der Waals surface area contributed by atoms with E-state index in [0.29, 0.717) is 5.02 Å². The summed E-state index contributed by atoms with van der Waals surface area (Å²) in [7, 11) is 0. The first kappa shape index (κ1) is 10.6. The summed E-state index contributed by atoms with van der Waals surface area (Å²) in [6, 6.07) is 9.70. The number of nitrogens with zero attached hydrogens (tertiary/aromatic N) is 1. The third-order valence-corrected chi connectivity index (χ3v) is 3.00. The van der Waals surface area contributed by atoms with Crippen molar-refractivity contribution in [3.05, 3.63) is 57.8 Å². The Bertz CT molecular complexity index is 474. The molecule has 0 saturated carbocycles. The minimum atomic E-state index is 0.674. The molecule has 3 heteroatoms. The van der Waals surface area contributed by atoms with E-state index >= 15 is 0 Å². The summed E-state index contributed by atoms with van der Waals surface area (Å²) in [5.41, 5.74) is 2.31. The normalized spacial score (nSPS) is 10.6. The third kappa shape index (κ3) is 2.36. The number of aryl methyl sites for hydroxylation is 1. The monoisotopic (exact) mass is 239 g/mol. The topological polar surface area (TPSA) is 4.93 Å². The Morgan fingerprint density at radius 2 is 2.00 bits per heavy atom. The highest BCUT2D eigenvalue weighted by atomic mass is 35.5. The van der Waals surface area contributed by atoms with Crippen LogP contribution in [0.4, 0.5) is 0 Å². The van der Waals surface area contributed by atoms with Crippen LogP contribution in [-0.4, -0.2) is 4.57 Å². The first-order valence-electron chi connectivity index (χ1n) is 4.72. The van der Waals surface area contributed by atoms with E-state index in [0.717, 1.165) is 17.1 Å². The summed E-state index contributed by atoms with van der Waals surface area (Å²) >= 11 is 11.9. The molecule has 78 valence electrons. The Morgan fingerprint density at radius 3 is 2.60 bits per heavy atom. The second kappa shape index (κ2) is 4.30. The van der Waals surface area contributed by atoms with Crippen molar-refractivity contribution < 1.29 is 0 Å². The van der Waals surface area contributed by atoms with Gasteiger partial charge in [-0.05, 0) is 36.8 Å². The molecule has 0 bridgehead atoms. The average Bonchev–Trinajstić information content (AvgIpc) is 2.57. The fourth-order valence-electron chi connectivity index (χ4n) is 1.51. The van der Waals surface area contributed by atoms with Crippen molar-refractivity contribution in [2.45, 2.75) is 13.5 Å². The van der Waals surface area contributed by atoms with Gasteiger partial charge < -0.3 is 4.57 Å². The van der Waals surface area contributed by atoms with Crippen molar-refractivity contribution in [1.82, 2.24) is 4.57 Å². The standard InChI is InChI=1S/C12H11Cl2N/c1-9-3-2-6-15(9)8-10-4-5-11(13)7-12(10)14/h2-7H,8H2,1H3. The van der Waals surface area contributed by atoms with E-state index < -0.39 is 0 Å². The van der Waals surface area contributed by atoms with E-state index in [1.54, 1.807) is 6.07 Å². The van der Waals surface area contributed by atoms with E-state index in [1.807, 2.05) is 24.4 Å². The Hall–Kier alpha value is -0.920. The van der Waals surface area contributed by atoms with Crippen LogP contribution in [0.5, 0.6) is 0 Å². The Labute approximate surface area is 99.2 Å². The van der Waals surface area contributed by atoms with Crippen LogP contribution in [0.1, 0.15) is 11.3 Å². The van der Waals surface area contributed by atoms with Crippen LogP contribution in [0, 0.1) is 6.92 Å². The molecule has 0 fully saturated rings. The van der Waals surface area contributed by atoms with E-state index in [1.165, 1.54) is 5.69 Å². The second-order valence-electron chi connectivity index (χ2n) is 3.51. The molecule has 0 unspecified atom stereocenters. The summed E-state index contributed by atoms with van der Waals surface area (Å²) in [4.78, 5) is 0. The highest BCUT2D eigenvalue weighted by molar-refractivity contribution is 6.35. The number of hydrogen-bond donors (Lipinski definition) is 0. The number of benzene rings is 1. The van der Waals surface area contributed by atoms with Crippen molar-refractivity contribution in [2.75, 3.05) is 0 Å². The molecule has 2 rings (SSSR count). The molecule has 0 aliphatic rings. The molecule has 0 radical (unpaired) electrons. The molecule has 1 heterocycles. The lowest BCUT2D eigenvalue weighted by Gasteiger charge is -2.08. The van der Waals surface area contributed by atoms with E-state index in [4.69, 9.17) is 23.2 Å². The molecular weight excluding hydrogens is 229 g/mol. The maximum absolute atomic E-state index is 6.10. The predicted octanol–water partition coefficient (Wildman–Crippen LogP) is 4.15. The van der Waals surface area contributed by atoms with Gasteiger partial charge in [-0.15, -0.1) is 0 Å². The summed E-state index contributed by atoms with van der Waals surface area (Å²) in [5, 5.41) is 1.39. The smallest absolute Gasteiger partial charge is 0.0487 e. The van der Waals surface area contributed by atoms with Crippen LogP contribution in [-0.2, 0) is 6.54 Å². The van der Waals surface area contributed by atoms with Gasteiger partial charge in [-0.3, -0.25) is 0 Å². The summed E-state index contributed by atoms with van der Waals surface area (Å²) in [6.07, 6.45) is 2.04. The van der Waals surface area contributed by atoms with Gasteiger partial charge in [0.1, 0.15) is 0 Å². The Morgan fingerprint density at radius 1 is 1.20 bits per heavy atom. The maximum Gasteiger partial charge on any atom is 0.0487 e. The van der Waals surface area contributed by atoms with Crippen molar-refractivity contribution in [3.63, 3.8) is 0 Å². The van der Waals surface area contributed by atoms with Gasteiger partial charge >= 0.3 is 0 Å². The summed E-state index contributed by atoms with van der Waals surface area (Å²) < 4.78 is 2.15. The average molecular weight is 240 g/mol. The molecular formula is C12H11Cl2N. The molecule has 0 N–H and O–H groups in total. The van der Waals surface area contributed by atoms with Gasteiger partial charge in [-0.1, -0.05) is 29.3 Å². The second-order valence-corrected chi connectivity index (χ2v) is 4.36. The molecule has 1 aromatic carbocycles. The first-order valence-corrected chi connectivity index (χ1v) is 5.48. The molecule has 1 nitrogen and oxygen atoms in total. The Balaban J connectivity index is 2.29. The molecule has 0 saturated heterocycles. The summed E-state index contributed by atoms with van der Waals surface area (Å²) in [5.74, 6) is 0. The quantitative estimate of drug-likeness (QED) is 0.743. The lowest BCUT2D eigenvalue weighted by Crippen LogP contribution is -2.00. The van der Waals surface area contributed by atoms with Crippen LogP contribution in [0.15, 0.2) is 36.5 Å². The van der Waals surface area contributed by atoms with E-state index in [2.05, 4.69) is 17.6 Å². The SMILES string of the molecule is Cc1cccn1Cc1ccc(Cl)cc1Cl. The van der Waals surface area contributed by atoms with Crippen LogP contribution >= 0.6 is 23.2 Å². The number of halogens is 2. The molecule has 2 aromatic rings. The number of hydrogen-bond acceptors (Lipinski definition) is 0. The zero-order chi connectivity index (χ0) is 10.8. The molecule has 0 spiro atoms. The van der Waals surface area contributed by atoms with E-state index in [-0.39, 0.29) is 0 Å². The van der Waals surface area contributed by atoms with Crippen molar-refractivity contribution in [3.8, 4) is 0 Å². The number of aromatic nitrogens is 1. The van der Waals surface area contributed by atoms with Gasteiger partial charge in [0.05, 0.1) is 0 Å². The zero-order valence-electron chi connectivity index (χ0n) is 8.37. The van der Waals surface area contributed by atoms with Gasteiger partial charge in [-0.25, -0.2) is 0 Å². The van der Waals surface area contributed by atoms with Crippen molar-refractivity contribution in [1.29, 1.82) is 0 Å². The highest BCUT2D eigenvalue weighted by Crippen LogP contribution is 2.22. The maximum atomic E-state index is 6.10. The van der Waals surface area contributed by atoms with E-state index in [9.17, 15) is 0 Å². The lowest BCUT2D eigenvalue weighted by molar-refractivity contribution is 0.777. The lowest BCUT2D eigenvalue weighted by atomic mass is 10.2. The van der Waals surface area contributed by atoms with Gasteiger partial charge in [-0.2, -0.15) is 0 Å². The zero-order valence-corrected chi connectivity index (χ0v) is 9.89. The minimum Gasteiger partial charge on any atom is -0.347 e. The van der Waals surface area contributed by atoms with Gasteiger partial charge in [0, 0.05) is 28.5 Å². The van der Waals surface area contributed by atoms with Gasteiger partial charge in [0.25, 0.3) is 0 Å². The predicted molar refractivity (Wildman–Crippen MR) is 64.7 cm³/mol. The minimum absolute atomic E-state index is 0.674. The first-order chi connectivity index (χ1) is 7.16. The molecule has 0 amide bonds.